The molecule has 0 aliphatic carbocycles. The Labute approximate surface area is 812 Å². The molecule has 0 fully saturated rings. The average molecular weight is 2000 g/mol. The van der Waals surface area contributed by atoms with E-state index in [2.05, 4.69) is 20.7 Å². The number of hydrogen-bond acceptors (Lipinski definition) is 22. The van der Waals surface area contributed by atoms with Crippen molar-refractivity contribution in [1.29, 1.82) is 0 Å². The number of ether oxygens (including phenoxy) is 3. The molecular weight excluding hydrogens is 1860 g/mol. The third-order valence-electron chi connectivity index (χ3n) is 23.3. The van der Waals surface area contributed by atoms with Crippen molar-refractivity contribution in [2.75, 3.05) is 63.7 Å². The van der Waals surface area contributed by atoms with E-state index in [1.54, 1.807) is 45.9 Å². The maximum Gasteiger partial charge on any atom is 0.408 e. The van der Waals surface area contributed by atoms with Gasteiger partial charge in [0, 0.05) is 88.7 Å². The minimum absolute atomic E-state index is 0.0161. The van der Waals surface area contributed by atoms with E-state index in [1.807, 2.05) is 117 Å². The first kappa shape index (κ1) is 121. The smallest absolute Gasteiger partial charge is 0.408 e. The molecule has 6 aromatic rings. The van der Waals surface area contributed by atoms with Gasteiger partial charge in [0.25, 0.3) is 5.91 Å². The van der Waals surface area contributed by atoms with Gasteiger partial charge in [0.2, 0.25) is 17.7 Å². The highest BCUT2D eigenvalue weighted by Gasteiger charge is 2.41. The van der Waals surface area contributed by atoms with Gasteiger partial charge in [-0.2, -0.15) is 0 Å². The number of benzene rings is 6. The number of aliphatic hydroxyl groups excluding tert-OH is 3. The maximum atomic E-state index is 14.4. The maximum absolute atomic E-state index is 14.4. The summed E-state index contributed by atoms with van der Waals surface area (Å²) in [6.07, 6.45) is 0.230. The lowest BCUT2D eigenvalue weighted by atomic mass is 10.0. The number of nitrogens with one attached hydrogen (secondary N) is 3. The summed E-state index contributed by atoms with van der Waals surface area (Å²) in [5, 5.41) is 38.5. The molecule has 6 rings (SSSR count). The molecule has 0 saturated heterocycles. The number of rotatable bonds is 56. The van der Waals surface area contributed by atoms with E-state index in [-0.39, 0.29) is 68.7 Å². The monoisotopic (exact) mass is 2000 g/mol. The summed E-state index contributed by atoms with van der Waals surface area (Å²) in [5.41, 5.74) is 24.5. The van der Waals surface area contributed by atoms with Gasteiger partial charge in [-0.25, -0.2) is 66.0 Å². The lowest BCUT2D eigenvalue weighted by Crippen LogP contribution is -2.55. The Kier molecular flexibility index (Phi) is 53.3. The number of nitrogens with zero attached hydrogens (tertiary/aromatic N) is 4. The molecule has 0 saturated carbocycles. The van der Waals surface area contributed by atoms with Crippen LogP contribution in [0.25, 0.3) is 0 Å². The number of aryl methyl sites for hydroxylation is 3. The molecule has 12 N–H and O–H groups in total. The summed E-state index contributed by atoms with van der Waals surface area (Å²) in [7, 11) is -10.5. The Hall–Kier alpha value is -9.80. The van der Waals surface area contributed by atoms with E-state index < -0.39 is 213 Å². The normalized spacial score (nSPS) is 13.7. The van der Waals surface area contributed by atoms with Crippen molar-refractivity contribution in [2.24, 2.45) is 17.2 Å². The van der Waals surface area contributed by atoms with Gasteiger partial charge >= 0.3 is 18.3 Å². The molecule has 0 bridgehead atoms. The van der Waals surface area contributed by atoms with Crippen LogP contribution in [0.3, 0.4) is 0 Å². The number of amides is 7. The highest BCUT2D eigenvalue weighted by atomic mass is 32.2. The SMILES string of the molecule is CCCC(CCC)S(=O)(=O)C[C@@H](NC(=O)OC(C)C)C(=O)N(Cc1cccc(CC)c1)C[C@@H](O)[C@@H](N)Cc1cc(F)cc(F)c1.CCCC(CCC)S(=O)(=O)C[C@@H](NC(=O)OC)C(=O)N(Cc1cccc(CC)c1)C[C@@H](O)[C@@H](N)Cc1cc(F)cc(F)c1.CCCC(CCC)S(=O)(=O)C[C@@H](NC(=O)OCC(=O)N(CC)CC)C(=O)N(Cc1cccc(CC)c1)C[C@@H](O)[C@@H](N)Cc1cc(F)cc(F)c1. The van der Waals surface area contributed by atoms with Gasteiger partial charge in [0.1, 0.15) is 53.0 Å². The Morgan fingerprint density at radius 3 is 0.855 bits per heavy atom. The predicted octanol–water partition coefficient (Wildman–Crippen LogP) is 12.7. The van der Waals surface area contributed by atoms with E-state index in [0.717, 1.165) is 96.3 Å². The summed E-state index contributed by atoms with van der Waals surface area (Å²) < 4.78 is 179. The van der Waals surface area contributed by atoms with E-state index >= 15 is 0 Å². The molecule has 7 amide bonds. The molecule has 6 aromatic carbocycles. The highest BCUT2D eigenvalue weighted by molar-refractivity contribution is 7.92. The quantitative estimate of drug-likeness (QED) is 0.0126. The van der Waals surface area contributed by atoms with Crippen molar-refractivity contribution in [1.82, 2.24) is 35.6 Å². The van der Waals surface area contributed by atoms with Crippen molar-refractivity contribution in [3.05, 3.63) is 212 Å². The fourth-order valence-corrected chi connectivity index (χ4v) is 22.5. The van der Waals surface area contributed by atoms with Crippen LogP contribution >= 0.6 is 0 Å². The van der Waals surface area contributed by atoms with Crippen molar-refractivity contribution in [2.45, 2.75) is 302 Å². The van der Waals surface area contributed by atoms with Gasteiger partial charge in [-0.05, 0) is 191 Å². The third kappa shape index (κ3) is 42.3. The summed E-state index contributed by atoms with van der Waals surface area (Å²) in [6, 6.07) is 23.3. The molecule has 0 unspecified atom stereocenters. The summed E-state index contributed by atoms with van der Waals surface area (Å²) >= 11 is 0. The topological polar surface area (TPSA) is 437 Å². The van der Waals surface area contributed by atoms with Crippen molar-refractivity contribution >= 4 is 71.4 Å². The van der Waals surface area contributed by atoms with Crippen LogP contribution in [0.1, 0.15) is 217 Å². The van der Waals surface area contributed by atoms with Gasteiger partial charge in [-0.1, -0.05) is 174 Å². The minimum Gasteiger partial charge on any atom is -0.453 e. The lowest BCUT2D eigenvalue weighted by molar-refractivity contribution is -0.136. The number of alkyl carbamates (subject to hydrolysis) is 3. The lowest BCUT2D eigenvalue weighted by Gasteiger charge is -2.32. The first-order chi connectivity index (χ1) is 65.2. The minimum atomic E-state index is -3.95. The second-order valence-electron chi connectivity index (χ2n) is 35.1. The zero-order chi connectivity index (χ0) is 103. The largest absolute Gasteiger partial charge is 0.453 e. The second-order valence-corrected chi connectivity index (χ2v) is 42.1. The van der Waals surface area contributed by atoms with E-state index in [1.165, 1.54) is 19.6 Å². The number of methoxy groups -OCH3 is 1. The summed E-state index contributed by atoms with van der Waals surface area (Å²) in [5.74, 6) is -9.57. The molecule has 38 heteroatoms. The molecule has 0 spiro atoms. The van der Waals surface area contributed by atoms with E-state index in [0.29, 0.717) is 108 Å². The molecule has 0 aromatic heterocycles. The third-order valence-corrected chi connectivity index (χ3v) is 30.1. The average Bonchev–Trinajstić information content (AvgIpc) is 0.822. The molecule has 772 valence electrons. The van der Waals surface area contributed by atoms with Crippen molar-refractivity contribution in [3.63, 3.8) is 0 Å². The van der Waals surface area contributed by atoms with Gasteiger partial charge in [-0.3, -0.25) is 19.2 Å². The van der Waals surface area contributed by atoms with Crippen LogP contribution in [0.5, 0.6) is 0 Å². The zero-order valence-corrected chi connectivity index (χ0v) is 84.7. The molecule has 0 aliphatic rings. The van der Waals surface area contributed by atoms with Gasteiger partial charge in [0.15, 0.2) is 36.1 Å². The predicted molar refractivity (Wildman–Crippen MR) is 522 cm³/mol. The standard InChI is InChI=1S/C36H54F2N4O7S.C33H49F2N3O6S.C31H45F2N3O6S/c1-6-12-30(13-7-2)50(47,48)24-32(40-36(46)49-23-34(44)41(9-4)10-5)35(45)42(21-26-15-11-14-25(8-3)16-26)22-33(43)31(39)19-27-17-28(37)20-29(38)18-27;1-6-10-28(11-7-2)45(42,43)21-30(37-33(41)44-22(4)5)32(40)38(19-24-13-9-12-23(8-3)14-24)20-31(39)29(36)17-25-15-26(34)18-27(35)16-25;1-5-9-26(10-6-2)43(40,41)20-28(35-31(39)42-4)30(38)36(18-22-12-8-11-21(7-3)13-22)19-29(37)27(34)16-23-14-24(32)17-25(33)15-23/h11,14-18,20,30-33,43H,6-10,12-13,19,21-24,39H2,1-5H3,(H,40,46);9,12-16,18,22,28-31,39H,6-8,10-11,17,19-21,36H2,1-5H3,(H,37,41);8,11-15,17,26-29,37H,5-7,9-10,16,18-20,34H2,1-4H3,(H,35,39)/t31-,32+,33+;29-,30+,31+;27-,28+,29+/m000/s1. The Bertz CT molecular complexity index is 5090. The van der Waals surface area contributed by atoms with Gasteiger partial charge in [-0.15, -0.1) is 0 Å². The molecular formula is C100H148F6N10O19S3. The number of nitrogens with two attached hydrogens (primary N) is 3. The molecule has 0 aliphatic heterocycles. The number of aliphatic hydroxyl groups is 3. The fraction of sp³-hybridized carbons (Fsp3) is 0.570. The van der Waals surface area contributed by atoms with E-state index in [4.69, 9.17) is 26.7 Å². The van der Waals surface area contributed by atoms with Crippen LogP contribution in [0.15, 0.2) is 127 Å². The zero-order valence-electron chi connectivity index (χ0n) is 82.2. The first-order valence-corrected chi connectivity index (χ1v) is 52.8. The van der Waals surface area contributed by atoms with Crippen molar-refractivity contribution in [3.8, 4) is 0 Å². The number of carbonyl (C=O) groups is 7. The van der Waals surface area contributed by atoms with E-state index in [9.17, 15) is 100 Å². The summed E-state index contributed by atoms with van der Waals surface area (Å²) in [6.45, 7) is 22.9. The molecule has 29 nitrogen and oxygen atoms in total. The Balaban J connectivity index is 0.000000434. The van der Waals surface area contributed by atoms with Gasteiger partial charge < -0.3 is 82.3 Å². The van der Waals surface area contributed by atoms with Gasteiger partial charge in [0.05, 0.1) is 64.5 Å². The van der Waals surface area contributed by atoms with Crippen molar-refractivity contribution < 1.29 is 115 Å². The molecule has 0 heterocycles. The number of halogens is 6. The van der Waals surface area contributed by atoms with Crippen LogP contribution in [-0.2, 0) is 121 Å². The van der Waals surface area contributed by atoms with Crippen LogP contribution in [-0.4, -0.2) is 242 Å². The van der Waals surface area contributed by atoms with Crippen LogP contribution in [0, 0.1) is 34.9 Å². The summed E-state index contributed by atoms with van der Waals surface area (Å²) in [4.78, 5) is 98.2. The molecule has 0 radical (unpaired) electrons. The fourth-order valence-electron chi connectivity index (χ4n) is 16.0. The second kappa shape index (κ2) is 61.0. The number of sulfone groups is 3. The van der Waals surface area contributed by atoms with Crippen LogP contribution in [0.4, 0.5) is 40.7 Å². The first-order valence-electron chi connectivity index (χ1n) is 47.6. The molecule has 138 heavy (non-hydrogen) atoms. The Morgan fingerprint density at radius 2 is 0.616 bits per heavy atom. The highest BCUT2D eigenvalue weighted by Crippen LogP contribution is 2.26. The molecule has 9 atom stereocenters. The van der Waals surface area contributed by atoms with Crippen LogP contribution < -0.4 is 33.2 Å². The van der Waals surface area contributed by atoms with Crippen LogP contribution in [0.2, 0.25) is 0 Å². The number of hydrogen-bond donors (Lipinski definition) is 9. The number of likely N-dealkylation sites (N-methyl/N-ethyl adjacent to an activating group) is 1. The Morgan fingerprint density at radius 1 is 0.362 bits per heavy atom. The number of carbonyl (C=O) groups excluding carboxylic acids is 7.